The van der Waals surface area contributed by atoms with Gasteiger partial charge >= 0.3 is 0 Å². The average Bonchev–Trinajstić information content (AvgIpc) is 2.95. The summed E-state index contributed by atoms with van der Waals surface area (Å²) in [7, 11) is 0. The number of hydrogen-bond donors (Lipinski definition) is 1. The Morgan fingerprint density at radius 2 is 2.33 bits per heavy atom. The summed E-state index contributed by atoms with van der Waals surface area (Å²) in [6, 6.07) is 8.06. The van der Waals surface area contributed by atoms with Crippen LogP contribution in [0.3, 0.4) is 0 Å². The Bertz CT molecular complexity index is 582. The number of ether oxygens (including phenoxy) is 1. The number of nitrogens with two attached hydrogens (primary N) is 1. The summed E-state index contributed by atoms with van der Waals surface area (Å²) < 4.78 is 6.08. The van der Waals surface area contributed by atoms with Crippen LogP contribution >= 0.6 is 22.9 Å². The van der Waals surface area contributed by atoms with Crippen LogP contribution in [0.25, 0.3) is 10.4 Å². The zero-order valence-electron chi connectivity index (χ0n) is 10.1. The molecule has 0 saturated heterocycles. The van der Waals surface area contributed by atoms with Gasteiger partial charge in [0.25, 0.3) is 0 Å². The van der Waals surface area contributed by atoms with Crippen LogP contribution in [-0.2, 0) is 6.42 Å². The third kappa shape index (κ3) is 1.92. The van der Waals surface area contributed by atoms with Gasteiger partial charge in [-0.2, -0.15) is 0 Å². The molecule has 0 amide bonds. The van der Waals surface area contributed by atoms with E-state index in [0.717, 1.165) is 28.3 Å². The molecule has 0 spiro atoms. The molecule has 2 heterocycles. The highest BCUT2D eigenvalue weighted by atomic mass is 35.5. The molecule has 1 aromatic carbocycles. The third-order valence-electron chi connectivity index (χ3n) is 3.26. The van der Waals surface area contributed by atoms with Crippen molar-refractivity contribution in [3.05, 3.63) is 40.2 Å². The number of hydrogen-bond acceptors (Lipinski definition) is 3. The van der Waals surface area contributed by atoms with E-state index in [2.05, 4.69) is 11.4 Å². The predicted molar refractivity (Wildman–Crippen MR) is 76.6 cm³/mol. The van der Waals surface area contributed by atoms with Crippen LogP contribution in [0.15, 0.2) is 29.6 Å². The summed E-state index contributed by atoms with van der Waals surface area (Å²) in [5.74, 6) is 0.940. The Morgan fingerprint density at radius 1 is 1.50 bits per heavy atom. The van der Waals surface area contributed by atoms with E-state index < -0.39 is 0 Å². The quantitative estimate of drug-likeness (QED) is 0.909. The molecule has 0 aliphatic carbocycles. The minimum Gasteiger partial charge on any atom is -0.485 e. The second-order valence-corrected chi connectivity index (χ2v) is 6.24. The van der Waals surface area contributed by atoms with E-state index in [9.17, 15) is 0 Å². The van der Waals surface area contributed by atoms with Gasteiger partial charge in [0, 0.05) is 34.0 Å². The van der Waals surface area contributed by atoms with Crippen molar-refractivity contribution in [3.8, 4) is 16.2 Å². The zero-order chi connectivity index (χ0) is 12.8. The zero-order valence-corrected chi connectivity index (χ0v) is 11.6. The van der Waals surface area contributed by atoms with Gasteiger partial charge in [0.15, 0.2) is 0 Å². The van der Waals surface area contributed by atoms with E-state index in [1.165, 1.54) is 4.88 Å². The van der Waals surface area contributed by atoms with Crippen LogP contribution in [-0.4, -0.2) is 12.1 Å². The Balaban J connectivity index is 2.14. The Labute approximate surface area is 115 Å². The van der Waals surface area contributed by atoms with E-state index >= 15 is 0 Å². The molecule has 2 nitrogen and oxygen atoms in total. The van der Waals surface area contributed by atoms with Crippen LogP contribution in [0.1, 0.15) is 12.5 Å². The molecular formula is C14H14ClNOS. The number of rotatable bonds is 2. The first-order valence-electron chi connectivity index (χ1n) is 5.87. The largest absolute Gasteiger partial charge is 0.485 e. The fraction of sp³-hybridized carbons (Fsp3) is 0.286. The van der Waals surface area contributed by atoms with Crippen LogP contribution in [0, 0.1) is 0 Å². The topological polar surface area (TPSA) is 35.2 Å². The lowest BCUT2D eigenvalue weighted by atomic mass is 9.98. The molecule has 0 bridgehead atoms. The first-order chi connectivity index (χ1) is 8.61. The van der Waals surface area contributed by atoms with E-state index in [-0.39, 0.29) is 5.60 Å². The second-order valence-electron chi connectivity index (χ2n) is 4.85. The Morgan fingerprint density at radius 3 is 3.00 bits per heavy atom. The SMILES string of the molecule is C[C@@]1(CN)Cc2cc(Cl)cc(-c3cccs3)c2O1. The van der Waals surface area contributed by atoms with Crippen LogP contribution in [0.5, 0.6) is 5.75 Å². The van der Waals surface area contributed by atoms with Gasteiger partial charge in [-0.25, -0.2) is 0 Å². The molecule has 0 unspecified atom stereocenters. The summed E-state index contributed by atoms with van der Waals surface area (Å²) in [6.45, 7) is 2.54. The molecule has 0 saturated carbocycles. The Kier molecular flexibility index (Phi) is 2.85. The highest BCUT2D eigenvalue weighted by Gasteiger charge is 2.35. The van der Waals surface area contributed by atoms with Crippen molar-refractivity contribution in [2.45, 2.75) is 18.9 Å². The maximum Gasteiger partial charge on any atom is 0.132 e. The van der Waals surface area contributed by atoms with E-state index in [0.29, 0.717) is 6.54 Å². The fourth-order valence-corrected chi connectivity index (χ4v) is 3.30. The minimum atomic E-state index is -0.307. The number of halogens is 1. The van der Waals surface area contributed by atoms with Gasteiger partial charge < -0.3 is 10.5 Å². The van der Waals surface area contributed by atoms with Crippen molar-refractivity contribution in [2.75, 3.05) is 6.54 Å². The number of benzene rings is 1. The van der Waals surface area contributed by atoms with Gasteiger partial charge in [-0.05, 0) is 30.5 Å². The minimum absolute atomic E-state index is 0.307. The van der Waals surface area contributed by atoms with Gasteiger partial charge in [-0.1, -0.05) is 17.7 Å². The lowest BCUT2D eigenvalue weighted by molar-refractivity contribution is 0.126. The lowest BCUT2D eigenvalue weighted by Gasteiger charge is -2.21. The Hall–Kier alpha value is -1.03. The summed E-state index contributed by atoms with van der Waals surface area (Å²) in [5, 5.41) is 2.81. The van der Waals surface area contributed by atoms with Crippen molar-refractivity contribution in [3.63, 3.8) is 0 Å². The van der Waals surface area contributed by atoms with Crippen molar-refractivity contribution < 1.29 is 4.74 Å². The van der Waals surface area contributed by atoms with E-state index in [1.807, 2.05) is 25.1 Å². The monoisotopic (exact) mass is 279 g/mol. The van der Waals surface area contributed by atoms with E-state index in [1.54, 1.807) is 11.3 Å². The van der Waals surface area contributed by atoms with Gasteiger partial charge in [0.2, 0.25) is 0 Å². The fourth-order valence-electron chi connectivity index (χ4n) is 2.32. The second kappa shape index (κ2) is 4.26. The molecule has 1 aliphatic rings. The average molecular weight is 280 g/mol. The van der Waals surface area contributed by atoms with E-state index in [4.69, 9.17) is 22.1 Å². The third-order valence-corrected chi connectivity index (χ3v) is 4.38. The highest BCUT2D eigenvalue weighted by Crippen LogP contribution is 2.45. The summed E-state index contributed by atoms with van der Waals surface area (Å²) in [6.07, 6.45) is 0.817. The number of fused-ring (bicyclic) bond motifs is 1. The van der Waals surface area contributed by atoms with Crippen molar-refractivity contribution in [2.24, 2.45) is 5.73 Å². The molecule has 94 valence electrons. The van der Waals surface area contributed by atoms with Crippen molar-refractivity contribution in [1.29, 1.82) is 0 Å². The lowest BCUT2D eigenvalue weighted by Crippen LogP contribution is -2.38. The molecule has 1 atom stereocenters. The van der Waals surface area contributed by atoms with Crippen molar-refractivity contribution >= 4 is 22.9 Å². The molecule has 0 radical (unpaired) electrons. The smallest absolute Gasteiger partial charge is 0.132 e. The van der Waals surface area contributed by atoms with Crippen LogP contribution in [0.4, 0.5) is 0 Å². The summed E-state index contributed by atoms with van der Waals surface area (Å²) in [5.41, 5.74) is 7.72. The predicted octanol–water partition coefficient (Wildman–Crippen LogP) is 3.72. The first kappa shape index (κ1) is 12.0. The molecule has 2 N–H and O–H groups in total. The summed E-state index contributed by atoms with van der Waals surface area (Å²) in [4.78, 5) is 1.18. The standard InChI is InChI=1S/C14H14ClNOS/c1-14(8-16)7-9-5-10(15)6-11(13(9)17-14)12-3-2-4-18-12/h2-6H,7-8,16H2,1H3/t14-/m0/s1. The summed E-state index contributed by atoms with van der Waals surface area (Å²) >= 11 is 7.89. The van der Waals surface area contributed by atoms with Gasteiger partial charge in [-0.3, -0.25) is 0 Å². The highest BCUT2D eigenvalue weighted by molar-refractivity contribution is 7.13. The molecule has 1 aliphatic heterocycles. The molecule has 18 heavy (non-hydrogen) atoms. The maximum atomic E-state index is 6.20. The molecule has 0 fully saturated rings. The van der Waals surface area contributed by atoms with Crippen LogP contribution < -0.4 is 10.5 Å². The van der Waals surface area contributed by atoms with Crippen LogP contribution in [0.2, 0.25) is 5.02 Å². The number of thiophene rings is 1. The normalized spacial score (nSPS) is 21.7. The molecule has 3 rings (SSSR count). The molecule has 2 aromatic rings. The first-order valence-corrected chi connectivity index (χ1v) is 7.12. The maximum absolute atomic E-state index is 6.20. The van der Waals surface area contributed by atoms with Crippen molar-refractivity contribution in [1.82, 2.24) is 0 Å². The van der Waals surface area contributed by atoms with Gasteiger partial charge in [-0.15, -0.1) is 11.3 Å². The molecule has 1 aromatic heterocycles. The van der Waals surface area contributed by atoms with Gasteiger partial charge in [0.1, 0.15) is 11.4 Å². The molecule has 4 heteroatoms. The van der Waals surface area contributed by atoms with Gasteiger partial charge in [0.05, 0.1) is 0 Å². The molecular weight excluding hydrogens is 266 g/mol.